The molecule has 0 saturated heterocycles. The summed E-state index contributed by atoms with van der Waals surface area (Å²) in [4.78, 5) is 27.8. The van der Waals surface area contributed by atoms with Crippen LogP contribution in [0.2, 0.25) is 0 Å². The van der Waals surface area contributed by atoms with Gasteiger partial charge in [0.1, 0.15) is 11.5 Å². The van der Waals surface area contributed by atoms with Crippen molar-refractivity contribution in [1.29, 1.82) is 0 Å². The first-order chi connectivity index (χ1) is 16.9. The molecule has 0 aliphatic rings. The Morgan fingerprint density at radius 3 is 2.40 bits per heavy atom. The number of amides is 1. The predicted octanol–water partition coefficient (Wildman–Crippen LogP) is 5.40. The lowest BCUT2D eigenvalue weighted by Crippen LogP contribution is -2.37. The Bertz CT molecular complexity index is 1370. The molecule has 4 rings (SSSR count). The summed E-state index contributed by atoms with van der Waals surface area (Å²) in [6, 6.07) is 27.0. The Morgan fingerprint density at radius 2 is 1.69 bits per heavy atom. The zero-order chi connectivity index (χ0) is 24.8. The maximum absolute atomic E-state index is 13.5. The molecule has 0 aliphatic carbocycles. The molecule has 1 amide bonds. The zero-order valence-electron chi connectivity index (χ0n) is 19.5. The van der Waals surface area contributed by atoms with E-state index in [9.17, 15) is 14.0 Å². The normalized spacial score (nSPS) is 11.7. The highest BCUT2D eigenvalue weighted by Gasteiger charge is 2.16. The Morgan fingerprint density at radius 1 is 0.943 bits per heavy atom. The zero-order valence-corrected chi connectivity index (χ0v) is 20.3. The number of benzene rings is 3. The fourth-order valence-corrected chi connectivity index (χ4v) is 4.49. The maximum Gasteiger partial charge on any atom is 0.275 e. The van der Waals surface area contributed by atoms with Crippen molar-refractivity contribution in [1.82, 2.24) is 9.88 Å². The summed E-state index contributed by atoms with van der Waals surface area (Å²) in [6.45, 7) is 2.06. The highest BCUT2D eigenvalue weighted by atomic mass is 32.2. The molecule has 3 aromatic carbocycles. The molecular formula is C28H26FN3O2S. The number of hydrogen-bond donors (Lipinski definition) is 2. The minimum Gasteiger partial charge on any atom is -0.320 e. The molecule has 35 heavy (non-hydrogen) atoms. The first-order valence-electron chi connectivity index (χ1n) is 11.2. The fourth-order valence-electron chi connectivity index (χ4n) is 3.59. The maximum atomic E-state index is 13.5. The standard InChI is InChI=1S/C28H26FN3O2S/c1-19(30-2)27(33)31-25-15-16-26(21-8-4-3-5-9-21)32(28(25)34)18-20-7-6-10-24(17-20)35-23-13-11-22(29)12-14-23/h3-17,19,30H,18H2,1-2H3,(H,31,33). The van der Waals surface area contributed by atoms with Gasteiger partial charge < -0.3 is 15.2 Å². The van der Waals surface area contributed by atoms with Gasteiger partial charge in [-0.2, -0.15) is 0 Å². The number of likely N-dealkylation sites (N-methyl/N-ethyl adjacent to an activating group) is 1. The van der Waals surface area contributed by atoms with Crippen molar-refractivity contribution in [2.45, 2.75) is 29.3 Å². The van der Waals surface area contributed by atoms with Crippen molar-refractivity contribution in [3.63, 3.8) is 0 Å². The van der Waals surface area contributed by atoms with E-state index in [0.29, 0.717) is 6.54 Å². The second-order valence-electron chi connectivity index (χ2n) is 8.09. The van der Waals surface area contributed by atoms with Crippen LogP contribution in [-0.4, -0.2) is 23.6 Å². The third-order valence-electron chi connectivity index (χ3n) is 5.62. The second kappa shape index (κ2) is 11.2. The number of hydrogen-bond acceptors (Lipinski definition) is 4. The first kappa shape index (κ1) is 24.4. The monoisotopic (exact) mass is 487 g/mol. The minimum atomic E-state index is -0.434. The van der Waals surface area contributed by atoms with Gasteiger partial charge in [0.15, 0.2) is 0 Å². The molecule has 0 bridgehead atoms. The van der Waals surface area contributed by atoms with Crippen LogP contribution < -0.4 is 16.2 Å². The molecule has 1 unspecified atom stereocenters. The minimum absolute atomic E-state index is 0.230. The van der Waals surface area contributed by atoms with Crippen LogP contribution in [0.15, 0.2) is 106 Å². The number of nitrogens with one attached hydrogen (secondary N) is 2. The fraction of sp³-hybridized carbons (Fsp3) is 0.143. The number of carbonyl (C=O) groups is 1. The number of carbonyl (C=O) groups excluding carboxylic acids is 1. The highest BCUT2D eigenvalue weighted by molar-refractivity contribution is 7.99. The number of halogens is 1. The summed E-state index contributed by atoms with van der Waals surface area (Å²) in [5.74, 6) is -0.548. The predicted molar refractivity (Wildman–Crippen MR) is 139 cm³/mol. The Balaban J connectivity index is 1.69. The summed E-state index contributed by atoms with van der Waals surface area (Å²) >= 11 is 1.53. The van der Waals surface area contributed by atoms with Gasteiger partial charge in [0.2, 0.25) is 5.91 Å². The summed E-state index contributed by atoms with van der Waals surface area (Å²) in [5, 5.41) is 5.63. The molecule has 2 N–H and O–H groups in total. The van der Waals surface area contributed by atoms with E-state index in [0.717, 1.165) is 26.6 Å². The lowest BCUT2D eigenvalue weighted by atomic mass is 10.1. The van der Waals surface area contributed by atoms with E-state index in [-0.39, 0.29) is 23.0 Å². The summed E-state index contributed by atoms with van der Waals surface area (Å²) in [6.07, 6.45) is 0. The van der Waals surface area contributed by atoms with Crippen molar-refractivity contribution < 1.29 is 9.18 Å². The van der Waals surface area contributed by atoms with Gasteiger partial charge >= 0.3 is 0 Å². The van der Waals surface area contributed by atoms with E-state index in [2.05, 4.69) is 10.6 Å². The molecule has 7 heteroatoms. The smallest absolute Gasteiger partial charge is 0.275 e. The highest BCUT2D eigenvalue weighted by Crippen LogP contribution is 2.29. The molecule has 1 aromatic heterocycles. The molecule has 5 nitrogen and oxygen atoms in total. The van der Waals surface area contributed by atoms with Gasteiger partial charge in [-0.05, 0) is 73.6 Å². The third-order valence-corrected chi connectivity index (χ3v) is 6.61. The van der Waals surface area contributed by atoms with E-state index < -0.39 is 6.04 Å². The first-order valence-corrected chi connectivity index (χ1v) is 12.1. The van der Waals surface area contributed by atoms with Gasteiger partial charge in [-0.15, -0.1) is 0 Å². The van der Waals surface area contributed by atoms with Gasteiger partial charge in [0, 0.05) is 9.79 Å². The second-order valence-corrected chi connectivity index (χ2v) is 9.24. The number of nitrogens with zero attached hydrogens (tertiary/aromatic N) is 1. The Labute approximate surface area is 208 Å². The van der Waals surface area contributed by atoms with E-state index in [1.165, 1.54) is 23.9 Å². The number of anilines is 1. The number of pyridine rings is 1. The van der Waals surface area contributed by atoms with E-state index in [4.69, 9.17) is 0 Å². The molecular weight excluding hydrogens is 461 g/mol. The van der Waals surface area contributed by atoms with Gasteiger partial charge in [-0.25, -0.2) is 4.39 Å². The number of rotatable bonds is 8. The molecule has 1 atom stereocenters. The van der Waals surface area contributed by atoms with Gasteiger partial charge in [-0.3, -0.25) is 9.59 Å². The summed E-state index contributed by atoms with van der Waals surface area (Å²) < 4.78 is 14.9. The molecule has 1 heterocycles. The van der Waals surface area contributed by atoms with E-state index in [1.807, 2.05) is 60.7 Å². The van der Waals surface area contributed by atoms with Gasteiger partial charge in [0.05, 0.1) is 18.3 Å². The van der Waals surface area contributed by atoms with Crippen LogP contribution in [0, 0.1) is 5.82 Å². The van der Waals surface area contributed by atoms with Crippen LogP contribution in [0.25, 0.3) is 11.3 Å². The van der Waals surface area contributed by atoms with Crippen LogP contribution in [-0.2, 0) is 11.3 Å². The average Bonchev–Trinajstić information content (AvgIpc) is 2.88. The van der Waals surface area contributed by atoms with Crippen molar-refractivity contribution in [2.24, 2.45) is 0 Å². The molecule has 0 aliphatic heterocycles. The SMILES string of the molecule is CNC(C)C(=O)Nc1ccc(-c2ccccc2)n(Cc2cccc(Sc3ccc(F)cc3)c2)c1=O. The molecule has 0 fully saturated rings. The van der Waals surface area contributed by atoms with Crippen molar-refractivity contribution in [3.05, 3.63) is 113 Å². The Hall–Kier alpha value is -3.68. The van der Waals surface area contributed by atoms with Crippen LogP contribution in [0.1, 0.15) is 12.5 Å². The molecule has 0 saturated carbocycles. The van der Waals surface area contributed by atoms with Crippen LogP contribution in [0.3, 0.4) is 0 Å². The van der Waals surface area contributed by atoms with Crippen LogP contribution in [0.5, 0.6) is 0 Å². The molecule has 4 aromatic rings. The summed E-state index contributed by atoms with van der Waals surface area (Å²) in [5.41, 5.74) is 2.55. The van der Waals surface area contributed by atoms with Crippen LogP contribution >= 0.6 is 11.8 Å². The van der Waals surface area contributed by atoms with E-state index >= 15 is 0 Å². The third kappa shape index (κ3) is 6.07. The molecule has 0 spiro atoms. The number of aromatic nitrogens is 1. The van der Waals surface area contributed by atoms with Crippen molar-refractivity contribution in [3.8, 4) is 11.3 Å². The van der Waals surface area contributed by atoms with Gasteiger partial charge in [-0.1, -0.05) is 54.2 Å². The van der Waals surface area contributed by atoms with Crippen molar-refractivity contribution >= 4 is 23.4 Å². The van der Waals surface area contributed by atoms with Gasteiger partial charge in [0.25, 0.3) is 5.56 Å². The topological polar surface area (TPSA) is 63.1 Å². The van der Waals surface area contributed by atoms with Crippen LogP contribution in [0.4, 0.5) is 10.1 Å². The molecule has 0 radical (unpaired) electrons. The van der Waals surface area contributed by atoms with E-state index in [1.54, 1.807) is 36.7 Å². The molecule has 178 valence electrons. The largest absolute Gasteiger partial charge is 0.320 e. The average molecular weight is 488 g/mol. The summed E-state index contributed by atoms with van der Waals surface area (Å²) in [7, 11) is 1.69. The lowest BCUT2D eigenvalue weighted by Gasteiger charge is -2.17. The Kier molecular flexibility index (Phi) is 7.80. The van der Waals surface area contributed by atoms with Crippen molar-refractivity contribution in [2.75, 3.05) is 12.4 Å². The quantitative estimate of drug-likeness (QED) is 0.349. The lowest BCUT2D eigenvalue weighted by molar-refractivity contribution is -0.117.